The maximum atomic E-state index is 12.4. The van der Waals surface area contributed by atoms with Gasteiger partial charge in [-0.1, -0.05) is 37.3 Å². The fourth-order valence-corrected chi connectivity index (χ4v) is 2.46. The lowest BCUT2D eigenvalue weighted by atomic mass is 10.0. The first-order chi connectivity index (χ1) is 11.8. The molecule has 0 N–H and O–H groups in total. The number of ether oxygens (including phenoxy) is 1. The van der Waals surface area contributed by atoms with Gasteiger partial charge in [-0.3, -0.25) is 14.9 Å². The minimum Gasteiger partial charge on any atom is -0.451 e. The zero-order valence-electron chi connectivity index (χ0n) is 14.3. The summed E-state index contributed by atoms with van der Waals surface area (Å²) >= 11 is 0. The molecule has 0 aromatic heterocycles. The van der Waals surface area contributed by atoms with Crippen LogP contribution in [-0.2, 0) is 11.2 Å². The molecule has 25 heavy (non-hydrogen) atoms. The van der Waals surface area contributed by atoms with Crippen LogP contribution in [0.3, 0.4) is 0 Å². The van der Waals surface area contributed by atoms with E-state index in [4.69, 9.17) is 4.74 Å². The van der Waals surface area contributed by atoms with Crippen molar-refractivity contribution in [1.82, 2.24) is 0 Å². The van der Waals surface area contributed by atoms with Crippen LogP contribution in [0.4, 0.5) is 5.69 Å². The zero-order valence-corrected chi connectivity index (χ0v) is 14.3. The molecule has 0 heterocycles. The predicted molar refractivity (Wildman–Crippen MR) is 92.9 cm³/mol. The molecule has 0 saturated carbocycles. The first kappa shape index (κ1) is 18.3. The number of carbonyl (C=O) groups excluding carboxylic acids is 2. The Kier molecular flexibility index (Phi) is 5.64. The van der Waals surface area contributed by atoms with Crippen molar-refractivity contribution in [2.45, 2.75) is 33.3 Å². The van der Waals surface area contributed by atoms with Crippen molar-refractivity contribution in [2.24, 2.45) is 0 Å². The first-order valence-electron chi connectivity index (χ1n) is 7.93. The quantitative estimate of drug-likeness (QED) is 0.344. The van der Waals surface area contributed by atoms with Crippen LogP contribution in [0, 0.1) is 17.0 Å². The number of hydrogen-bond donors (Lipinski definition) is 0. The van der Waals surface area contributed by atoms with Gasteiger partial charge in [-0.15, -0.1) is 0 Å². The van der Waals surface area contributed by atoms with E-state index in [1.807, 2.05) is 19.1 Å². The van der Waals surface area contributed by atoms with E-state index >= 15 is 0 Å². The molecule has 6 heteroatoms. The van der Waals surface area contributed by atoms with E-state index in [-0.39, 0.29) is 22.6 Å². The lowest BCUT2D eigenvalue weighted by molar-refractivity contribution is -0.385. The van der Waals surface area contributed by atoms with Gasteiger partial charge < -0.3 is 4.74 Å². The summed E-state index contributed by atoms with van der Waals surface area (Å²) in [6.07, 6.45) is -0.121. The predicted octanol–water partition coefficient (Wildman–Crippen LogP) is 3.89. The van der Waals surface area contributed by atoms with Gasteiger partial charge in [0.1, 0.15) is 0 Å². The van der Waals surface area contributed by atoms with Crippen LogP contribution in [0.1, 0.15) is 45.7 Å². The van der Waals surface area contributed by atoms with E-state index in [1.165, 1.54) is 32.0 Å². The Morgan fingerprint density at radius 1 is 1.16 bits per heavy atom. The second kappa shape index (κ2) is 7.70. The molecule has 0 unspecified atom stereocenters. The van der Waals surface area contributed by atoms with Crippen molar-refractivity contribution >= 4 is 17.4 Å². The average molecular weight is 341 g/mol. The van der Waals surface area contributed by atoms with Crippen LogP contribution in [0.2, 0.25) is 0 Å². The summed E-state index contributed by atoms with van der Waals surface area (Å²) in [5.41, 5.74) is 1.69. The summed E-state index contributed by atoms with van der Waals surface area (Å²) < 4.78 is 5.21. The van der Waals surface area contributed by atoms with E-state index in [0.29, 0.717) is 5.56 Å². The normalized spacial score (nSPS) is 11.6. The van der Waals surface area contributed by atoms with E-state index in [9.17, 15) is 19.7 Å². The lowest BCUT2D eigenvalue weighted by Crippen LogP contribution is -2.25. The molecule has 0 amide bonds. The molecule has 2 aromatic rings. The van der Waals surface area contributed by atoms with Crippen LogP contribution in [-0.4, -0.2) is 22.8 Å². The molecular formula is C19H19NO5. The van der Waals surface area contributed by atoms with Gasteiger partial charge in [0.15, 0.2) is 6.10 Å². The highest BCUT2D eigenvalue weighted by molar-refractivity contribution is 6.01. The molecule has 0 fully saturated rings. The van der Waals surface area contributed by atoms with Gasteiger partial charge in [-0.2, -0.15) is 0 Å². The van der Waals surface area contributed by atoms with E-state index in [0.717, 1.165) is 12.0 Å². The standard InChI is InChI=1S/C19H19NO5/c1-4-14-8-10-15(11-9-14)18(21)13(3)25-19(22)16-6-5-7-17(12(16)2)20(23)24/h5-11,13H,4H2,1-3H3/t13-/m1/s1. The van der Waals surface area contributed by atoms with Crippen LogP contribution in [0.25, 0.3) is 0 Å². The highest BCUT2D eigenvalue weighted by atomic mass is 16.6. The van der Waals surface area contributed by atoms with Crippen molar-refractivity contribution in [2.75, 3.05) is 0 Å². The van der Waals surface area contributed by atoms with Gasteiger partial charge >= 0.3 is 5.97 Å². The first-order valence-corrected chi connectivity index (χ1v) is 7.93. The van der Waals surface area contributed by atoms with Gasteiger partial charge in [0.25, 0.3) is 5.69 Å². The summed E-state index contributed by atoms with van der Waals surface area (Å²) in [4.78, 5) is 35.1. The fourth-order valence-electron chi connectivity index (χ4n) is 2.46. The van der Waals surface area contributed by atoms with Crippen molar-refractivity contribution in [3.63, 3.8) is 0 Å². The van der Waals surface area contributed by atoms with Crippen LogP contribution in [0.15, 0.2) is 42.5 Å². The number of nitro benzene ring substituents is 1. The molecule has 1 atom stereocenters. The molecule has 2 rings (SSSR count). The Labute approximate surface area is 145 Å². The molecule has 0 bridgehead atoms. The van der Waals surface area contributed by atoms with E-state index in [2.05, 4.69) is 0 Å². The number of ketones is 1. The SMILES string of the molecule is CCc1ccc(C(=O)[C@@H](C)OC(=O)c2cccc([N+](=O)[O-])c2C)cc1. The Bertz CT molecular complexity index is 811. The highest BCUT2D eigenvalue weighted by Crippen LogP contribution is 2.22. The monoisotopic (exact) mass is 341 g/mol. The molecule has 0 spiro atoms. The molecule has 0 radical (unpaired) electrons. The Hall–Kier alpha value is -3.02. The number of esters is 1. The number of nitro groups is 1. The van der Waals surface area contributed by atoms with Crippen LogP contribution < -0.4 is 0 Å². The molecular weight excluding hydrogens is 322 g/mol. The van der Waals surface area contributed by atoms with Crippen molar-refractivity contribution in [3.8, 4) is 0 Å². The van der Waals surface area contributed by atoms with Crippen LogP contribution in [0.5, 0.6) is 0 Å². The maximum absolute atomic E-state index is 12.4. The third-order valence-electron chi connectivity index (χ3n) is 4.02. The second-order valence-electron chi connectivity index (χ2n) is 5.67. The zero-order chi connectivity index (χ0) is 18.6. The van der Waals surface area contributed by atoms with Gasteiger partial charge in [-0.25, -0.2) is 4.79 Å². The van der Waals surface area contributed by atoms with Gasteiger partial charge in [-0.05, 0) is 31.9 Å². The average Bonchev–Trinajstić information content (AvgIpc) is 2.60. The minimum atomic E-state index is -0.987. The summed E-state index contributed by atoms with van der Waals surface area (Å²) in [6.45, 7) is 4.98. The number of carbonyl (C=O) groups is 2. The highest BCUT2D eigenvalue weighted by Gasteiger charge is 2.24. The molecule has 0 aliphatic heterocycles. The molecule has 6 nitrogen and oxygen atoms in total. The van der Waals surface area contributed by atoms with Gasteiger partial charge in [0.05, 0.1) is 10.5 Å². The summed E-state index contributed by atoms with van der Waals surface area (Å²) in [5.74, 6) is -1.08. The van der Waals surface area contributed by atoms with Crippen molar-refractivity contribution in [1.29, 1.82) is 0 Å². The Morgan fingerprint density at radius 2 is 1.80 bits per heavy atom. The largest absolute Gasteiger partial charge is 0.451 e. The summed E-state index contributed by atoms with van der Waals surface area (Å²) in [6, 6.07) is 11.3. The van der Waals surface area contributed by atoms with Gasteiger partial charge in [0.2, 0.25) is 5.78 Å². The number of hydrogen-bond acceptors (Lipinski definition) is 5. The second-order valence-corrected chi connectivity index (χ2v) is 5.67. The lowest BCUT2D eigenvalue weighted by Gasteiger charge is -2.13. The molecule has 0 aliphatic rings. The fraction of sp³-hybridized carbons (Fsp3) is 0.263. The molecule has 130 valence electrons. The smallest absolute Gasteiger partial charge is 0.339 e. The van der Waals surface area contributed by atoms with Crippen molar-refractivity contribution < 1.29 is 19.2 Å². The Morgan fingerprint density at radius 3 is 2.36 bits per heavy atom. The molecule has 0 saturated heterocycles. The molecule has 0 aliphatic carbocycles. The summed E-state index contributed by atoms with van der Waals surface area (Å²) in [5, 5.41) is 11.0. The third-order valence-corrected chi connectivity index (χ3v) is 4.02. The number of Topliss-reactive ketones (excluding diaryl/α,β-unsaturated/α-hetero) is 1. The number of benzene rings is 2. The van der Waals surface area contributed by atoms with Crippen molar-refractivity contribution in [3.05, 3.63) is 74.8 Å². The number of rotatable bonds is 6. The topological polar surface area (TPSA) is 86.5 Å². The molecule has 2 aromatic carbocycles. The number of aryl methyl sites for hydroxylation is 1. The van der Waals surface area contributed by atoms with E-state index in [1.54, 1.807) is 12.1 Å². The van der Waals surface area contributed by atoms with Crippen LogP contribution >= 0.6 is 0 Å². The minimum absolute atomic E-state index is 0.0789. The third kappa shape index (κ3) is 4.09. The van der Waals surface area contributed by atoms with E-state index < -0.39 is 17.0 Å². The maximum Gasteiger partial charge on any atom is 0.339 e. The Balaban J connectivity index is 2.15. The summed E-state index contributed by atoms with van der Waals surface area (Å²) in [7, 11) is 0. The number of nitrogens with zero attached hydrogens (tertiary/aromatic N) is 1. The van der Waals surface area contributed by atoms with Gasteiger partial charge in [0, 0.05) is 17.2 Å².